The van der Waals surface area contributed by atoms with Gasteiger partial charge in [0.25, 0.3) is 0 Å². The molecule has 2 atom stereocenters. The van der Waals surface area contributed by atoms with Crippen molar-refractivity contribution < 1.29 is 4.79 Å². The van der Waals surface area contributed by atoms with E-state index in [1.165, 1.54) is 12.8 Å². The van der Waals surface area contributed by atoms with E-state index in [4.69, 9.17) is 0 Å². The van der Waals surface area contributed by atoms with Crippen molar-refractivity contribution in [2.45, 2.75) is 45.6 Å². The Hall–Kier alpha value is -0.570. The molecule has 2 unspecified atom stereocenters. The first-order valence-electron chi connectivity index (χ1n) is 6.12. The van der Waals surface area contributed by atoms with Gasteiger partial charge in [0.15, 0.2) is 0 Å². The predicted molar refractivity (Wildman–Crippen MR) is 62.7 cm³/mol. The summed E-state index contributed by atoms with van der Waals surface area (Å²) in [7, 11) is 1.97. The molecule has 1 fully saturated rings. The second kappa shape index (κ2) is 6.11. The maximum atomic E-state index is 11.7. The molecule has 3 nitrogen and oxygen atoms in total. The van der Waals surface area contributed by atoms with Gasteiger partial charge in [0.2, 0.25) is 5.91 Å². The Kier molecular flexibility index (Phi) is 5.09. The largest absolute Gasteiger partial charge is 0.342 e. The molecule has 0 radical (unpaired) electrons. The molecule has 88 valence electrons. The van der Waals surface area contributed by atoms with Gasteiger partial charge in [-0.15, -0.1) is 0 Å². The fourth-order valence-corrected chi connectivity index (χ4v) is 2.17. The lowest BCUT2D eigenvalue weighted by molar-refractivity contribution is -0.127. The smallest absolute Gasteiger partial charge is 0.222 e. The van der Waals surface area contributed by atoms with E-state index >= 15 is 0 Å². The average molecular weight is 212 g/mol. The molecule has 1 heterocycles. The van der Waals surface area contributed by atoms with E-state index in [-0.39, 0.29) is 0 Å². The van der Waals surface area contributed by atoms with Gasteiger partial charge in [-0.1, -0.05) is 13.3 Å². The lowest BCUT2D eigenvalue weighted by Gasteiger charge is -2.19. The molecular formula is C12H24N2O. The molecule has 0 aromatic carbocycles. The minimum atomic E-state index is 0.358. The number of likely N-dealkylation sites (tertiary alicyclic amines) is 1. The van der Waals surface area contributed by atoms with Crippen LogP contribution in [0.4, 0.5) is 0 Å². The van der Waals surface area contributed by atoms with E-state index in [0.29, 0.717) is 17.9 Å². The second-order valence-corrected chi connectivity index (χ2v) is 4.68. The van der Waals surface area contributed by atoms with Crippen LogP contribution in [0.15, 0.2) is 0 Å². The zero-order chi connectivity index (χ0) is 11.3. The summed E-state index contributed by atoms with van der Waals surface area (Å²) in [5.74, 6) is 0.976. The van der Waals surface area contributed by atoms with Crippen molar-refractivity contribution in [1.82, 2.24) is 10.2 Å². The van der Waals surface area contributed by atoms with E-state index in [0.717, 1.165) is 25.9 Å². The Morgan fingerprint density at radius 1 is 1.60 bits per heavy atom. The molecule has 15 heavy (non-hydrogen) atoms. The topological polar surface area (TPSA) is 32.3 Å². The fraction of sp³-hybridized carbons (Fsp3) is 0.917. The number of nitrogens with one attached hydrogen (secondary N) is 1. The summed E-state index contributed by atoms with van der Waals surface area (Å²) in [6.07, 6.45) is 4.23. The summed E-state index contributed by atoms with van der Waals surface area (Å²) in [6.45, 7) is 6.25. The summed E-state index contributed by atoms with van der Waals surface area (Å²) in [5.41, 5.74) is 0. The molecule has 0 aromatic rings. The van der Waals surface area contributed by atoms with E-state index in [2.05, 4.69) is 19.2 Å². The van der Waals surface area contributed by atoms with Crippen LogP contribution in [-0.2, 0) is 4.79 Å². The molecule has 1 rings (SSSR count). The number of carbonyl (C=O) groups excluding carboxylic acids is 1. The van der Waals surface area contributed by atoms with Crippen molar-refractivity contribution in [2.75, 3.05) is 20.1 Å². The number of carbonyl (C=O) groups is 1. The molecular weight excluding hydrogens is 188 g/mol. The molecule has 0 aliphatic carbocycles. The van der Waals surface area contributed by atoms with Gasteiger partial charge >= 0.3 is 0 Å². The number of hydrogen-bond acceptors (Lipinski definition) is 2. The first-order valence-corrected chi connectivity index (χ1v) is 6.12. The molecule has 3 heteroatoms. The van der Waals surface area contributed by atoms with Gasteiger partial charge in [0.1, 0.15) is 0 Å². The summed E-state index contributed by atoms with van der Waals surface area (Å²) < 4.78 is 0. The number of nitrogens with zero attached hydrogens (tertiary/aromatic N) is 1. The minimum absolute atomic E-state index is 0.358. The highest BCUT2D eigenvalue weighted by Crippen LogP contribution is 2.22. The third-order valence-electron chi connectivity index (χ3n) is 3.32. The predicted octanol–water partition coefficient (Wildman–Crippen LogP) is 1.63. The maximum absolute atomic E-state index is 11.7. The monoisotopic (exact) mass is 212 g/mol. The highest BCUT2D eigenvalue weighted by atomic mass is 16.2. The summed E-state index contributed by atoms with van der Waals surface area (Å²) >= 11 is 0. The molecule has 0 saturated carbocycles. The zero-order valence-corrected chi connectivity index (χ0v) is 10.3. The van der Waals surface area contributed by atoms with E-state index in [1.807, 2.05) is 11.9 Å². The lowest BCUT2D eigenvalue weighted by Crippen LogP contribution is -2.31. The van der Waals surface area contributed by atoms with Crippen molar-refractivity contribution >= 4 is 5.91 Å². The Morgan fingerprint density at radius 2 is 2.33 bits per heavy atom. The van der Waals surface area contributed by atoms with Gasteiger partial charge in [-0.2, -0.15) is 0 Å². The Bertz CT molecular complexity index is 206. The molecule has 0 spiro atoms. The van der Waals surface area contributed by atoms with E-state index in [9.17, 15) is 4.79 Å². The van der Waals surface area contributed by atoms with Gasteiger partial charge in [-0.05, 0) is 32.7 Å². The van der Waals surface area contributed by atoms with Gasteiger partial charge in [0, 0.05) is 25.6 Å². The van der Waals surface area contributed by atoms with Crippen LogP contribution in [0.1, 0.15) is 39.5 Å². The molecule has 1 saturated heterocycles. The number of rotatable bonds is 6. The Balaban J connectivity index is 2.28. The summed E-state index contributed by atoms with van der Waals surface area (Å²) in [5, 5.41) is 3.20. The third kappa shape index (κ3) is 3.82. The van der Waals surface area contributed by atoms with Crippen LogP contribution in [0.2, 0.25) is 0 Å². The van der Waals surface area contributed by atoms with Crippen LogP contribution in [0.25, 0.3) is 0 Å². The van der Waals surface area contributed by atoms with Crippen molar-refractivity contribution in [3.8, 4) is 0 Å². The van der Waals surface area contributed by atoms with Crippen molar-refractivity contribution in [1.29, 1.82) is 0 Å². The van der Waals surface area contributed by atoms with Crippen molar-refractivity contribution in [2.24, 2.45) is 5.92 Å². The van der Waals surface area contributed by atoms with Gasteiger partial charge in [-0.25, -0.2) is 0 Å². The van der Waals surface area contributed by atoms with Gasteiger partial charge in [-0.3, -0.25) is 4.79 Å². The molecule has 1 N–H and O–H groups in total. The second-order valence-electron chi connectivity index (χ2n) is 4.68. The maximum Gasteiger partial charge on any atom is 0.222 e. The van der Waals surface area contributed by atoms with Crippen molar-refractivity contribution in [3.05, 3.63) is 0 Å². The average Bonchev–Trinajstić information content (AvgIpc) is 2.56. The van der Waals surface area contributed by atoms with Crippen LogP contribution in [0.3, 0.4) is 0 Å². The van der Waals surface area contributed by atoms with Crippen LogP contribution in [0, 0.1) is 5.92 Å². The first-order chi connectivity index (χ1) is 7.17. The van der Waals surface area contributed by atoms with E-state index in [1.54, 1.807) is 0 Å². The standard InChI is InChI=1S/C12H24N2O/c1-4-5-11-8-12(15)14(9-11)7-6-10(2)13-3/h10-11,13H,4-9H2,1-3H3. The summed E-state index contributed by atoms with van der Waals surface area (Å²) in [4.78, 5) is 13.7. The quantitative estimate of drug-likeness (QED) is 0.726. The zero-order valence-electron chi connectivity index (χ0n) is 10.3. The lowest BCUT2D eigenvalue weighted by atomic mass is 10.0. The number of amides is 1. The summed E-state index contributed by atoms with van der Waals surface area (Å²) in [6, 6.07) is 0.503. The molecule has 0 bridgehead atoms. The van der Waals surface area contributed by atoms with Crippen LogP contribution < -0.4 is 5.32 Å². The van der Waals surface area contributed by atoms with Crippen LogP contribution in [-0.4, -0.2) is 37.0 Å². The Morgan fingerprint density at radius 3 is 2.93 bits per heavy atom. The Labute approximate surface area is 93.2 Å². The van der Waals surface area contributed by atoms with Crippen molar-refractivity contribution in [3.63, 3.8) is 0 Å². The molecule has 1 aliphatic rings. The molecule has 0 aromatic heterocycles. The molecule has 1 aliphatic heterocycles. The fourth-order valence-electron chi connectivity index (χ4n) is 2.17. The molecule has 1 amide bonds. The normalized spacial score (nSPS) is 23.5. The van der Waals surface area contributed by atoms with Crippen LogP contribution in [0.5, 0.6) is 0 Å². The first kappa shape index (κ1) is 12.5. The highest BCUT2D eigenvalue weighted by Gasteiger charge is 2.28. The van der Waals surface area contributed by atoms with Gasteiger partial charge < -0.3 is 10.2 Å². The van der Waals surface area contributed by atoms with E-state index < -0.39 is 0 Å². The minimum Gasteiger partial charge on any atom is -0.342 e. The highest BCUT2D eigenvalue weighted by molar-refractivity contribution is 5.78. The third-order valence-corrected chi connectivity index (χ3v) is 3.32. The van der Waals surface area contributed by atoms with Crippen LogP contribution >= 0.6 is 0 Å². The van der Waals surface area contributed by atoms with Gasteiger partial charge in [0.05, 0.1) is 0 Å². The number of hydrogen-bond donors (Lipinski definition) is 1. The SMILES string of the molecule is CCCC1CC(=O)N(CCC(C)NC)C1.